The Morgan fingerprint density at radius 1 is 1.04 bits per heavy atom. The lowest BCUT2D eigenvalue weighted by atomic mass is 9.77. The maximum Gasteiger partial charge on any atom is 0.140 e. The molecule has 0 bridgehead atoms. The Morgan fingerprint density at radius 2 is 1.76 bits per heavy atom. The minimum absolute atomic E-state index is 0.369. The van der Waals surface area contributed by atoms with Gasteiger partial charge in [-0.2, -0.15) is 0 Å². The summed E-state index contributed by atoms with van der Waals surface area (Å²) in [7, 11) is 0. The highest BCUT2D eigenvalue weighted by molar-refractivity contribution is 6.30. The third-order valence-corrected chi connectivity index (χ3v) is 5.24. The summed E-state index contributed by atoms with van der Waals surface area (Å²) >= 11 is 5.76. The van der Waals surface area contributed by atoms with E-state index in [4.69, 9.17) is 11.6 Å². The van der Waals surface area contributed by atoms with E-state index in [1.807, 2.05) is 18.2 Å². The summed E-state index contributed by atoms with van der Waals surface area (Å²) < 4.78 is 13.8. The average Bonchev–Trinajstić information content (AvgIpc) is 2.62. The van der Waals surface area contributed by atoms with Gasteiger partial charge in [0.2, 0.25) is 0 Å². The monoisotopic (exact) mass is 352 g/mol. The fourth-order valence-electron chi connectivity index (χ4n) is 3.54. The second-order valence-electron chi connectivity index (χ2n) is 6.74. The highest BCUT2D eigenvalue weighted by atomic mass is 35.5. The van der Waals surface area contributed by atoms with Gasteiger partial charge in [-0.25, -0.2) is 4.39 Å². The van der Waals surface area contributed by atoms with Gasteiger partial charge in [-0.3, -0.25) is 0 Å². The van der Waals surface area contributed by atoms with Crippen LogP contribution < -0.4 is 0 Å². The molecule has 0 nitrogen and oxygen atoms in total. The fraction of sp³-hybridized carbons (Fsp3) is 0.304. The van der Waals surface area contributed by atoms with Crippen LogP contribution in [0, 0.1) is 23.6 Å². The summed E-state index contributed by atoms with van der Waals surface area (Å²) in [5, 5.41) is 0.384. The van der Waals surface area contributed by atoms with E-state index >= 15 is 0 Å². The predicted molar refractivity (Wildman–Crippen MR) is 103 cm³/mol. The van der Waals surface area contributed by atoms with Crippen molar-refractivity contribution in [3.8, 4) is 11.8 Å². The normalized spacial score (nSPS) is 19.8. The van der Waals surface area contributed by atoms with E-state index in [0.29, 0.717) is 16.5 Å². The van der Waals surface area contributed by atoms with Gasteiger partial charge in [-0.05, 0) is 79.8 Å². The first-order valence-corrected chi connectivity index (χ1v) is 9.21. The molecule has 0 heterocycles. The van der Waals surface area contributed by atoms with Crippen LogP contribution in [-0.2, 0) is 0 Å². The summed E-state index contributed by atoms with van der Waals surface area (Å²) in [6.45, 7) is 3.85. The van der Waals surface area contributed by atoms with Crippen molar-refractivity contribution in [3.05, 3.63) is 82.6 Å². The van der Waals surface area contributed by atoms with E-state index in [2.05, 4.69) is 30.6 Å². The molecule has 128 valence electrons. The van der Waals surface area contributed by atoms with E-state index in [1.165, 1.54) is 37.3 Å². The molecule has 1 saturated carbocycles. The van der Waals surface area contributed by atoms with Gasteiger partial charge in [-0.15, -0.1) is 6.58 Å². The zero-order valence-electron chi connectivity index (χ0n) is 14.3. The number of allylic oxidation sites excluding steroid dienone is 1. The quantitative estimate of drug-likeness (QED) is 0.424. The van der Waals surface area contributed by atoms with Crippen molar-refractivity contribution in [2.75, 3.05) is 0 Å². The zero-order chi connectivity index (χ0) is 17.6. The van der Waals surface area contributed by atoms with Crippen molar-refractivity contribution in [1.82, 2.24) is 0 Å². The maximum absolute atomic E-state index is 13.8. The van der Waals surface area contributed by atoms with E-state index < -0.39 is 0 Å². The molecule has 0 amide bonds. The number of rotatable bonds is 3. The summed E-state index contributed by atoms with van der Waals surface area (Å²) in [6.07, 6.45) is 8.26. The smallest absolute Gasteiger partial charge is 0.140 e. The minimum Gasteiger partial charge on any atom is -0.206 e. The molecule has 0 atom stereocenters. The fourth-order valence-corrected chi connectivity index (χ4v) is 3.69. The summed E-state index contributed by atoms with van der Waals surface area (Å²) in [5.74, 6) is 6.99. The highest BCUT2D eigenvalue weighted by Gasteiger charge is 2.21. The minimum atomic E-state index is -0.382. The van der Waals surface area contributed by atoms with Gasteiger partial charge in [0.15, 0.2) is 0 Å². The molecule has 0 radical (unpaired) electrons. The second-order valence-corrected chi connectivity index (χ2v) is 7.17. The molecule has 2 heteroatoms. The number of halogens is 2. The molecule has 1 fully saturated rings. The third-order valence-electron chi connectivity index (χ3n) is 5.00. The second kappa shape index (κ2) is 8.37. The Bertz CT molecular complexity index is 787. The molecule has 25 heavy (non-hydrogen) atoms. The van der Waals surface area contributed by atoms with Crippen LogP contribution in [0.3, 0.4) is 0 Å². The largest absolute Gasteiger partial charge is 0.206 e. The third kappa shape index (κ3) is 4.74. The molecule has 0 aliphatic heterocycles. The molecule has 0 saturated heterocycles. The van der Waals surface area contributed by atoms with Crippen LogP contribution >= 0.6 is 11.6 Å². The molecule has 1 aliphatic rings. The molecular weight excluding hydrogens is 331 g/mol. The Balaban J connectivity index is 1.65. The molecule has 0 spiro atoms. The zero-order valence-corrected chi connectivity index (χ0v) is 15.0. The lowest BCUT2D eigenvalue weighted by Crippen LogP contribution is -2.12. The van der Waals surface area contributed by atoms with E-state index in [0.717, 1.165) is 17.9 Å². The van der Waals surface area contributed by atoms with Gasteiger partial charge in [0.05, 0.1) is 5.56 Å². The van der Waals surface area contributed by atoms with Gasteiger partial charge in [0.1, 0.15) is 5.82 Å². The molecular formula is C23H22ClF. The molecule has 2 aromatic carbocycles. The molecule has 1 aliphatic carbocycles. The van der Waals surface area contributed by atoms with Crippen LogP contribution in [0.2, 0.25) is 5.02 Å². The average molecular weight is 353 g/mol. The predicted octanol–water partition coefficient (Wildman–Crippen LogP) is 6.73. The van der Waals surface area contributed by atoms with Crippen molar-refractivity contribution in [2.45, 2.75) is 38.0 Å². The van der Waals surface area contributed by atoms with Crippen LogP contribution in [-0.4, -0.2) is 0 Å². The standard InChI is InChI=1S/C23H22ClF/c1-2-3-17-4-9-19(10-5-17)20-11-6-18(7-12-20)8-13-21-14-15-22(24)16-23(21)25/h2,6-7,11-12,14-17,19H,1,3-5,9-10H2. The van der Waals surface area contributed by atoms with Gasteiger partial charge in [-0.1, -0.05) is 41.7 Å². The SMILES string of the molecule is C=CCC1CCC(c2ccc(C#Cc3ccc(Cl)cc3F)cc2)CC1. The number of hydrogen-bond donors (Lipinski definition) is 0. The van der Waals surface area contributed by atoms with Crippen LogP contribution in [0.15, 0.2) is 55.1 Å². The van der Waals surface area contributed by atoms with Crippen molar-refractivity contribution in [1.29, 1.82) is 0 Å². The summed E-state index contributed by atoms with van der Waals surface area (Å²) in [6, 6.07) is 13.0. The molecule has 0 N–H and O–H groups in total. The molecule has 2 aromatic rings. The molecule has 0 unspecified atom stereocenters. The lowest BCUT2D eigenvalue weighted by molar-refractivity contribution is 0.328. The Morgan fingerprint density at radius 3 is 2.40 bits per heavy atom. The van der Waals surface area contributed by atoms with Crippen molar-refractivity contribution < 1.29 is 4.39 Å². The van der Waals surface area contributed by atoms with E-state index in [-0.39, 0.29) is 5.82 Å². The van der Waals surface area contributed by atoms with Gasteiger partial charge in [0, 0.05) is 10.6 Å². The Hall–Kier alpha value is -2.04. The summed E-state index contributed by atoms with van der Waals surface area (Å²) in [4.78, 5) is 0. The Kier molecular flexibility index (Phi) is 5.95. The first-order chi connectivity index (χ1) is 12.2. The van der Waals surface area contributed by atoms with E-state index in [1.54, 1.807) is 12.1 Å². The lowest BCUT2D eigenvalue weighted by Gasteiger charge is -2.28. The first-order valence-electron chi connectivity index (χ1n) is 8.83. The van der Waals surface area contributed by atoms with Crippen molar-refractivity contribution in [2.24, 2.45) is 5.92 Å². The van der Waals surface area contributed by atoms with Crippen LogP contribution in [0.5, 0.6) is 0 Å². The number of benzene rings is 2. The van der Waals surface area contributed by atoms with Crippen LogP contribution in [0.4, 0.5) is 4.39 Å². The van der Waals surface area contributed by atoms with Crippen LogP contribution in [0.25, 0.3) is 0 Å². The molecule has 3 rings (SSSR count). The first kappa shape index (κ1) is 17.8. The van der Waals surface area contributed by atoms with Gasteiger partial charge in [0.25, 0.3) is 0 Å². The molecule has 0 aromatic heterocycles. The maximum atomic E-state index is 13.8. The van der Waals surface area contributed by atoms with Gasteiger partial charge < -0.3 is 0 Å². The van der Waals surface area contributed by atoms with Crippen LogP contribution in [0.1, 0.15) is 54.7 Å². The van der Waals surface area contributed by atoms with Gasteiger partial charge >= 0.3 is 0 Å². The van der Waals surface area contributed by atoms with Crippen molar-refractivity contribution in [3.63, 3.8) is 0 Å². The Labute approximate surface area is 154 Å². The topological polar surface area (TPSA) is 0 Å². The highest BCUT2D eigenvalue weighted by Crippen LogP contribution is 2.37. The number of hydrogen-bond acceptors (Lipinski definition) is 0. The van der Waals surface area contributed by atoms with Crippen molar-refractivity contribution >= 4 is 11.6 Å². The van der Waals surface area contributed by atoms with E-state index in [9.17, 15) is 4.39 Å². The summed E-state index contributed by atoms with van der Waals surface area (Å²) in [5.41, 5.74) is 2.66.